The number of hydrogen-bond acceptors (Lipinski definition) is 1. The molecule has 0 aromatic heterocycles. The SMILES string of the molecule is C[C@@]12C[C@@H](Br)[C@@H](O)C[C@]1(C)C2(Br)Br. The summed E-state index contributed by atoms with van der Waals surface area (Å²) in [6.07, 6.45) is 1.66. The summed E-state index contributed by atoms with van der Waals surface area (Å²) in [5.41, 5.74) is 0.442. The molecule has 76 valence electrons. The fourth-order valence-corrected chi connectivity index (χ4v) is 5.76. The van der Waals surface area contributed by atoms with Crippen LogP contribution in [-0.4, -0.2) is 19.3 Å². The lowest BCUT2D eigenvalue weighted by Crippen LogP contribution is -2.33. The number of alkyl halides is 3. The van der Waals surface area contributed by atoms with E-state index in [1.807, 2.05) is 0 Å². The Kier molecular flexibility index (Phi) is 2.30. The molecule has 4 atom stereocenters. The normalized spacial score (nSPS) is 58.6. The lowest BCUT2D eigenvalue weighted by Gasteiger charge is -2.31. The Morgan fingerprint density at radius 3 is 2.08 bits per heavy atom. The van der Waals surface area contributed by atoms with Gasteiger partial charge in [-0.15, -0.1) is 0 Å². The molecule has 0 aromatic carbocycles. The highest BCUT2D eigenvalue weighted by atomic mass is 79.9. The average Bonchev–Trinajstić information content (AvgIpc) is 2.30. The van der Waals surface area contributed by atoms with Gasteiger partial charge in [-0.2, -0.15) is 0 Å². The van der Waals surface area contributed by atoms with E-state index in [0.29, 0.717) is 0 Å². The van der Waals surface area contributed by atoms with Crippen molar-refractivity contribution in [3.8, 4) is 0 Å². The summed E-state index contributed by atoms with van der Waals surface area (Å²) in [7, 11) is 0. The van der Waals surface area contributed by atoms with Gasteiger partial charge in [0.25, 0.3) is 0 Å². The minimum Gasteiger partial charge on any atom is -0.392 e. The highest BCUT2D eigenvalue weighted by molar-refractivity contribution is 9.25. The second-order valence-electron chi connectivity index (χ2n) is 4.73. The molecule has 2 saturated carbocycles. The largest absolute Gasteiger partial charge is 0.392 e. The monoisotopic (exact) mass is 374 g/mol. The molecule has 2 aliphatic carbocycles. The predicted molar refractivity (Wildman–Crippen MR) is 64.8 cm³/mol. The number of aliphatic hydroxyl groups is 1. The third kappa shape index (κ3) is 1.07. The molecule has 0 amide bonds. The number of aliphatic hydroxyl groups excluding tert-OH is 1. The van der Waals surface area contributed by atoms with Gasteiger partial charge in [-0.3, -0.25) is 0 Å². The van der Waals surface area contributed by atoms with Gasteiger partial charge in [0.1, 0.15) is 0 Å². The van der Waals surface area contributed by atoms with E-state index in [-0.39, 0.29) is 25.0 Å². The van der Waals surface area contributed by atoms with Crippen LogP contribution in [-0.2, 0) is 0 Å². The summed E-state index contributed by atoms with van der Waals surface area (Å²) < 4.78 is 0.0174. The standard InChI is InChI=1S/C9H13Br3O/c1-7-3-5(10)6(13)4-8(7,2)9(7,11)12/h5-6,13H,3-4H2,1-2H3/t5-,6+,7-,8+/m1/s1. The van der Waals surface area contributed by atoms with Gasteiger partial charge in [0.15, 0.2) is 0 Å². The lowest BCUT2D eigenvalue weighted by atomic mass is 9.80. The Morgan fingerprint density at radius 2 is 1.62 bits per heavy atom. The zero-order valence-corrected chi connectivity index (χ0v) is 12.4. The van der Waals surface area contributed by atoms with Crippen LogP contribution < -0.4 is 0 Å². The van der Waals surface area contributed by atoms with Gasteiger partial charge < -0.3 is 5.11 Å². The molecule has 0 heterocycles. The molecule has 4 heteroatoms. The van der Waals surface area contributed by atoms with E-state index in [1.165, 1.54) is 0 Å². The molecule has 0 saturated heterocycles. The molecule has 0 spiro atoms. The maximum atomic E-state index is 9.80. The first-order valence-corrected chi connectivity index (χ1v) is 6.96. The maximum Gasteiger partial charge on any atom is 0.0925 e. The summed E-state index contributed by atoms with van der Waals surface area (Å²) in [6.45, 7) is 4.51. The molecule has 2 aliphatic rings. The van der Waals surface area contributed by atoms with Gasteiger partial charge >= 0.3 is 0 Å². The average molecular weight is 377 g/mol. The number of hydrogen-bond donors (Lipinski definition) is 1. The molecule has 0 radical (unpaired) electrons. The Labute approximate surface area is 104 Å². The zero-order valence-electron chi connectivity index (χ0n) is 7.65. The van der Waals surface area contributed by atoms with Crippen LogP contribution in [0.25, 0.3) is 0 Å². The fourth-order valence-electron chi connectivity index (χ4n) is 2.73. The maximum absolute atomic E-state index is 9.80. The first kappa shape index (κ1) is 10.9. The van der Waals surface area contributed by atoms with Crippen LogP contribution >= 0.6 is 47.8 Å². The highest BCUT2D eigenvalue weighted by Crippen LogP contribution is 2.84. The summed E-state index contributed by atoms with van der Waals surface area (Å²) in [5.74, 6) is 0. The van der Waals surface area contributed by atoms with Crippen LogP contribution in [0.5, 0.6) is 0 Å². The number of rotatable bonds is 0. The molecular formula is C9H13Br3O. The van der Waals surface area contributed by atoms with Crippen LogP contribution in [0.4, 0.5) is 0 Å². The van der Waals surface area contributed by atoms with E-state index >= 15 is 0 Å². The van der Waals surface area contributed by atoms with Crippen LogP contribution in [0.15, 0.2) is 0 Å². The number of fused-ring (bicyclic) bond motifs is 1. The van der Waals surface area contributed by atoms with Crippen LogP contribution in [0, 0.1) is 10.8 Å². The molecule has 1 N–H and O–H groups in total. The predicted octanol–water partition coefficient (Wildman–Crippen LogP) is 3.42. The van der Waals surface area contributed by atoms with Crippen molar-refractivity contribution >= 4 is 47.8 Å². The van der Waals surface area contributed by atoms with Crippen LogP contribution in [0.2, 0.25) is 0 Å². The quantitative estimate of drug-likeness (QED) is 0.642. The second-order valence-corrected chi connectivity index (χ2v) is 9.35. The fraction of sp³-hybridized carbons (Fsp3) is 1.00. The Morgan fingerprint density at radius 1 is 1.15 bits per heavy atom. The molecule has 0 aliphatic heterocycles. The van der Waals surface area contributed by atoms with Crippen LogP contribution in [0.3, 0.4) is 0 Å². The summed E-state index contributed by atoms with van der Waals surface area (Å²) in [6, 6.07) is 0. The first-order chi connectivity index (χ1) is 5.76. The Balaban J connectivity index is 2.31. The zero-order chi connectivity index (χ0) is 10.1. The van der Waals surface area contributed by atoms with Crippen molar-refractivity contribution in [3.63, 3.8) is 0 Å². The molecule has 1 nitrogen and oxygen atoms in total. The third-order valence-corrected chi connectivity index (χ3v) is 8.61. The van der Waals surface area contributed by atoms with Gasteiger partial charge in [0, 0.05) is 15.7 Å². The molecule has 0 unspecified atom stereocenters. The van der Waals surface area contributed by atoms with Crippen molar-refractivity contribution in [1.82, 2.24) is 0 Å². The molecular weight excluding hydrogens is 364 g/mol. The highest BCUT2D eigenvalue weighted by Gasteiger charge is 2.81. The lowest BCUT2D eigenvalue weighted by molar-refractivity contribution is 0.0888. The molecule has 2 rings (SSSR count). The van der Waals surface area contributed by atoms with E-state index in [1.54, 1.807) is 0 Å². The second kappa shape index (κ2) is 2.74. The van der Waals surface area contributed by atoms with E-state index in [2.05, 4.69) is 61.6 Å². The smallest absolute Gasteiger partial charge is 0.0925 e. The van der Waals surface area contributed by atoms with E-state index in [4.69, 9.17) is 0 Å². The summed E-state index contributed by atoms with van der Waals surface area (Å²) in [5, 5.41) is 9.80. The van der Waals surface area contributed by atoms with Crippen molar-refractivity contribution < 1.29 is 5.11 Å². The third-order valence-electron chi connectivity index (χ3n) is 4.18. The van der Waals surface area contributed by atoms with Gasteiger partial charge in [0.2, 0.25) is 0 Å². The van der Waals surface area contributed by atoms with E-state index in [0.717, 1.165) is 12.8 Å². The summed E-state index contributed by atoms with van der Waals surface area (Å²) >= 11 is 11.0. The molecule has 2 fully saturated rings. The van der Waals surface area contributed by atoms with Gasteiger partial charge in [-0.25, -0.2) is 0 Å². The number of halogens is 3. The first-order valence-electron chi connectivity index (χ1n) is 4.46. The topological polar surface area (TPSA) is 20.2 Å². The van der Waals surface area contributed by atoms with Gasteiger partial charge in [-0.05, 0) is 12.8 Å². The van der Waals surface area contributed by atoms with Crippen molar-refractivity contribution in [2.24, 2.45) is 10.8 Å². The molecule has 13 heavy (non-hydrogen) atoms. The van der Waals surface area contributed by atoms with Crippen molar-refractivity contribution in [1.29, 1.82) is 0 Å². The van der Waals surface area contributed by atoms with E-state index < -0.39 is 0 Å². The minimum atomic E-state index is -0.213. The minimum absolute atomic E-state index is 0.0174. The van der Waals surface area contributed by atoms with Gasteiger partial charge in [0.05, 0.1) is 9.34 Å². The van der Waals surface area contributed by atoms with Crippen LogP contribution in [0.1, 0.15) is 26.7 Å². The Bertz CT molecular complexity index is 231. The Hall–Kier alpha value is 1.40. The summed E-state index contributed by atoms with van der Waals surface area (Å²) in [4.78, 5) is 0.238. The van der Waals surface area contributed by atoms with E-state index in [9.17, 15) is 5.11 Å². The van der Waals surface area contributed by atoms with Crippen molar-refractivity contribution in [3.05, 3.63) is 0 Å². The molecule has 0 aromatic rings. The van der Waals surface area contributed by atoms with Crippen molar-refractivity contribution in [2.45, 2.75) is 40.9 Å². The molecule has 0 bridgehead atoms. The van der Waals surface area contributed by atoms with Crippen molar-refractivity contribution in [2.75, 3.05) is 0 Å². The van der Waals surface area contributed by atoms with Gasteiger partial charge in [-0.1, -0.05) is 61.6 Å².